The van der Waals surface area contributed by atoms with Gasteiger partial charge < -0.3 is 14.4 Å². The number of amides is 1. The lowest BCUT2D eigenvalue weighted by Crippen LogP contribution is -2.38. The molecular weight excluding hydrogens is 208 g/mol. The van der Waals surface area contributed by atoms with Gasteiger partial charge in [-0.15, -0.1) is 0 Å². The Bertz CT molecular complexity index is 347. The Labute approximate surface area is 95.1 Å². The van der Waals surface area contributed by atoms with E-state index in [4.69, 9.17) is 9.52 Å². The lowest BCUT2D eigenvalue weighted by Gasteiger charge is -2.25. The highest BCUT2D eigenvalue weighted by atomic mass is 16.3. The number of carbonyl (C=O) groups excluding carboxylic acids is 1. The molecule has 0 atom stereocenters. The molecular formula is C11H18N2O3. The number of aliphatic hydroxyl groups is 1. The fraction of sp³-hybridized carbons (Fsp3) is 0.636. The molecule has 1 N–H and O–H groups in total. The predicted octanol–water partition coefficient (Wildman–Crippen LogP) is 1.22. The lowest BCUT2D eigenvalue weighted by molar-refractivity contribution is 0.0659. The summed E-state index contributed by atoms with van der Waals surface area (Å²) in [5.74, 6) is 0.116. The fourth-order valence-corrected chi connectivity index (χ4v) is 1.47. The molecule has 0 unspecified atom stereocenters. The maximum Gasteiger partial charge on any atom is 0.291 e. The maximum absolute atomic E-state index is 12.1. The zero-order chi connectivity index (χ0) is 12.1. The molecule has 0 saturated carbocycles. The van der Waals surface area contributed by atoms with Gasteiger partial charge in [0.25, 0.3) is 5.91 Å². The van der Waals surface area contributed by atoms with E-state index in [2.05, 4.69) is 4.98 Å². The normalized spacial score (nSPS) is 10.8. The van der Waals surface area contributed by atoms with Gasteiger partial charge in [0.15, 0.2) is 6.39 Å². The van der Waals surface area contributed by atoms with Crippen molar-refractivity contribution in [2.24, 2.45) is 0 Å². The van der Waals surface area contributed by atoms with Crippen molar-refractivity contribution >= 4 is 5.91 Å². The summed E-state index contributed by atoms with van der Waals surface area (Å²) in [5.41, 5.74) is 0.597. The number of hydrogen-bond donors (Lipinski definition) is 1. The molecule has 1 rings (SSSR count). The number of oxazole rings is 1. The van der Waals surface area contributed by atoms with Crippen molar-refractivity contribution in [2.45, 2.75) is 33.2 Å². The van der Waals surface area contributed by atoms with Gasteiger partial charge in [-0.1, -0.05) is 0 Å². The molecule has 0 aliphatic carbocycles. The first kappa shape index (κ1) is 12.7. The van der Waals surface area contributed by atoms with Gasteiger partial charge >= 0.3 is 0 Å². The van der Waals surface area contributed by atoms with Crippen LogP contribution in [-0.4, -0.2) is 40.1 Å². The van der Waals surface area contributed by atoms with Crippen LogP contribution in [-0.2, 0) is 0 Å². The van der Waals surface area contributed by atoms with E-state index in [9.17, 15) is 4.79 Å². The molecule has 1 aromatic rings. The lowest BCUT2D eigenvalue weighted by atomic mass is 10.2. The van der Waals surface area contributed by atoms with Crippen LogP contribution in [0.5, 0.6) is 0 Å². The summed E-state index contributed by atoms with van der Waals surface area (Å²) in [6.45, 7) is 6.20. The van der Waals surface area contributed by atoms with E-state index in [-0.39, 0.29) is 24.3 Å². The largest absolute Gasteiger partial charge is 0.438 e. The summed E-state index contributed by atoms with van der Waals surface area (Å²) < 4.78 is 5.07. The minimum Gasteiger partial charge on any atom is -0.438 e. The third-order valence-corrected chi connectivity index (χ3v) is 2.38. The Kier molecular flexibility index (Phi) is 4.49. The fourth-order valence-electron chi connectivity index (χ4n) is 1.47. The molecule has 5 nitrogen and oxygen atoms in total. The molecule has 0 radical (unpaired) electrons. The van der Waals surface area contributed by atoms with Gasteiger partial charge in [-0.3, -0.25) is 4.79 Å². The van der Waals surface area contributed by atoms with E-state index in [1.165, 1.54) is 6.39 Å². The van der Waals surface area contributed by atoms with Crippen molar-refractivity contribution in [1.82, 2.24) is 9.88 Å². The van der Waals surface area contributed by atoms with Gasteiger partial charge in [-0.05, 0) is 27.2 Å². The van der Waals surface area contributed by atoms with E-state index < -0.39 is 0 Å². The Morgan fingerprint density at radius 3 is 2.75 bits per heavy atom. The number of nitrogens with zero attached hydrogens (tertiary/aromatic N) is 2. The summed E-state index contributed by atoms with van der Waals surface area (Å²) in [5, 5.41) is 8.79. The van der Waals surface area contributed by atoms with Crippen LogP contribution in [0.1, 0.15) is 36.5 Å². The average Bonchev–Trinajstić information content (AvgIpc) is 2.64. The first-order valence-electron chi connectivity index (χ1n) is 5.39. The Morgan fingerprint density at radius 1 is 1.62 bits per heavy atom. The summed E-state index contributed by atoms with van der Waals surface area (Å²) in [4.78, 5) is 17.7. The number of aromatic nitrogens is 1. The molecule has 0 aromatic carbocycles. The molecule has 0 aliphatic rings. The SMILES string of the molecule is Cc1ncoc1C(=O)N(CCCO)C(C)C. The van der Waals surface area contributed by atoms with E-state index in [0.29, 0.717) is 18.7 Å². The Balaban J connectivity index is 2.79. The van der Waals surface area contributed by atoms with Gasteiger partial charge in [-0.2, -0.15) is 0 Å². The van der Waals surface area contributed by atoms with Crippen LogP contribution in [0.4, 0.5) is 0 Å². The van der Waals surface area contributed by atoms with Crippen LogP contribution in [0.15, 0.2) is 10.8 Å². The van der Waals surface area contributed by atoms with Gasteiger partial charge in [0, 0.05) is 19.2 Å². The molecule has 1 aromatic heterocycles. The first-order valence-corrected chi connectivity index (χ1v) is 5.39. The van der Waals surface area contributed by atoms with Crippen LogP contribution in [0, 0.1) is 6.92 Å². The number of aliphatic hydroxyl groups excluding tert-OH is 1. The Hall–Kier alpha value is -1.36. The third kappa shape index (κ3) is 2.82. The summed E-state index contributed by atoms with van der Waals surface area (Å²) in [6, 6.07) is 0.0727. The van der Waals surface area contributed by atoms with E-state index in [0.717, 1.165) is 0 Å². The predicted molar refractivity (Wildman–Crippen MR) is 59.1 cm³/mol. The minimum absolute atomic E-state index is 0.0727. The van der Waals surface area contributed by atoms with Crippen molar-refractivity contribution in [3.05, 3.63) is 17.8 Å². The summed E-state index contributed by atoms with van der Waals surface area (Å²) in [7, 11) is 0. The van der Waals surface area contributed by atoms with Crippen LogP contribution in [0.3, 0.4) is 0 Å². The maximum atomic E-state index is 12.1. The first-order chi connectivity index (χ1) is 7.57. The van der Waals surface area contributed by atoms with Crippen LogP contribution < -0.4 is 0 Å². The zero-order valence-electron chi connectivity index (χ0n) is 9.93. The second-order valence-corrected chi connectivity index (χ2v) is 3.94. The van der Waals surface area contributed by atoms with Gasteiger partial charge in [-0.25, -0.2) is 4.98 Å². The molecule has 90 valence electrons. The molecule has 5 heteroatoms. The summed E-state index contributed by atoms with van der Waals surface area (Å²) in [6.07, 6.45) is 1.84. The van der Waals surface area contributed by atoms with Crippen LogP contribution >= 0.6 is 0 Å². The zero-order valence-corrected chi connectivity index (χ0v) is 9.93. The van der Waals surface area contributed by atoms with Crippen molar-refractivity contribution in [3.63, 3.8) is 0 Å². The molecule has 1 heterocycles. The van der Waals surface area contributed by atoms with Crippen LogP contribution in [0.25, 0.3) is 0 Å². The summed E-state index contributed by atoms with van der Waals surface area (Å²) >= 11 is 0. The van der Waals surface area contributed by atoms with Gasteiger partial charge in [0.1, 0.15) is 0 Å². The van der Waals surface area contributed by atoms with Crippen molar-refractivity contribution < 1.29 is 14.3 Å². The van der Waals surface area contributed by atoms with E-state index in [1.807, 2.05) is 13.8 Å². The number of hydrogen-bond acceptors (Lipinski definition) is 4. The van der Waals surface area contributed by atoms with Crippen molar-refractivity contribution in [3.8, 4) is 0 Å². The highest BCUT2D eigenvalue weighted by Crippen LogP contribution is 2.12. The molecule has 0 spiro atoms. The highest BCUT2D eigenvalue weighted by molar-refractivity contribution is 5.92. The third-order valence-electron chi connectivity index (χ3n) is 2.38. The molecule has 0 bridgehead atoms. The number of rotatable bonds is 5. The van der Waals surface area contributed by atoms with Crippen LogP contribution in [0.2, 0.25) is 0 Å². The molecule has 0 fully saturated rings. The van der Waals surface area contributed by atoms with E-state index >= 15 is 0 Å². The number of aryl methyl sites for hydroxylation is 1. The molecule has 0 saturated heterocycles. The molecule has 16 heavy (non-hydrogen) atoms. The van der Waals surface area contributed by atoms with Crippen molar-refractivity contribution in [1.29, 1.82) is 0 Å². The van der Waals surface area contributed by atoms with Gasteiger partial charge in [0.05, 0.1) is 5.69 Å². The topological polar surface area (TPSA) is 66.6 Å². The quantitative estimate of drug-likeness (QED) is 0.819. The molecule has 0 aliphatic heterocycles. The monoisotopic (exact) mass is 226 g/mol. The highest BCUT2D eigenvalue weighted by Gasteiger charge is 2.23. The second-order valence-electron chi connectivity index (χ2n) is 3.94. The Morgan fingerprint density at radius 2 is 2.31 bits per heavy atom. The number of carbonyl (C=O) groups is 1. The standard InChI is InChI=1S/C11H18N2O3/c1-8(2)13(5-4-6-14)11(15)10-9(3)12-7-16-10/h7-8,14H,4-6H2,1-3H3. The second kappa shape index (κ2) is 5.65. The van der Waals surface area contributed by atoms with E-state index in [1.54, 1.807) is 11.8 Å². The smallest absolute Gasteiger partial charge is 0.291 e. The van der Waals surface area contributed by atoms with Crippen molar-refractivity contribution in [2.75, 3.05) is 13.2 Å². The average molecular weight is 226 g/mol. The van der Waals surface area contributed by atoms with Gasteiger partial charge in [0.2, 0.25) is 5.76 Å². The minimum atomic E-state index is -0.168. The molecule has 1 amide bonds.